The van der Waals surface area contributed by atoms with Crippen LogP contribution in [0.25, 0.3) is 11.0 Å². The van der Waals surface area contributed by atoms with E-state index in [1.807, 2.05) is 24.3 Å². The molecule has 2 fully saturated rings. The average molecular weight is 297 g/mol. The van der Waals surface area contributed by atoms with Crippen molar-refractivity contribution in [2.45, 2.75) is 46.1 Å². The third kappa shape index (κ3) is 2.13. The second kappa shape index (κ2) is 4.34. The summed E-state index contributed by atoms with van der Waals surface area (Å²) in [4.78, 5) is 22.4. The van der Waals surface area contributed by atoms with Gasteiger partial charge >= 0.3 is 0 Å². The van der Waals surface area contributed by atoms with Gasteiger partial charge in [0.1, 0.15) is 0 Å². The number of nitrogens with zero attached hydrogens (tertiary/aromatic N) is 2. The van der Waals surface area contributed by atoms with Crippen molar-refractivity contribution >= 4 is 16.9 Å². The molecule has 2 heterocycles. The van der Waals surface area contributed by atoms with Gasteiger partial charge in [-0.1, -0.05) is 32.9 Å². The fraction of sp³-hybridized carbons (Fsp3) is 0.556. The maximum absolute atomic E-state index is 12.5. The zero-order valence-corrected chi connectivity index (χ0v) is 13.5. The molecule has 116 valence electrons. The molecule has 0 unspecified atom stereocenters. The van der Waals surface area contributed by atoms with E-state index >= 15 is 0 Å². The monoisotopic (exact) mass is 297 g/mol. The lowest BCUT2D eigenvalue weighted by Crippen LogP contribution is -2.37. The quantitative estimate of drug-likeness (QED) is 0.878. The summed E-state index contributed by atoms with van der Waals surface area (Å²) in [5.41, 5.74) is 2.25. The molecule has 0 spiro atoms. The number of H-pyrrole nitrogens is 1. The van der Waals surface area contributed by atoms with E-state index in [0.29, 0.717) is 22.7 Å². The van der Waals surface area contributed by atoms with Gasteiger partial charge in [0.05, 0.1) is 11.0 Å². The van der Waals surface area contributed by atoms with E-state index in [-0.39, 0.29) is 5.56 Å². The Morgan fingerprint density at radius 3 is 2.82 bits per heavy atom. The molecule has 1 aromatic heterocycles. The van der Waals surface area contributed by atoms with Crippen LogP contribution < -0.4 is 10.5 Å². The van der Waals surface area contributed by atoms with Crippen LogP contribution in [0.3, 0.4) is 0 Å². The first-order valence-electron chi connectivity index (χ1n) is 8.11. The summed E-state index contributed by atoms with van der Waals surface area (Å²) < 4.78 is 0. The Hall–Kier alpha value is -1.84. The first kappa shape index (κ1) is 13.8. The maximum atomic E-state index is 12.5. The second-order valence-corrected chi connectivity index (χ2v) is 8.25. The molecule has 2 aliphatic rings. The topological polar surface area (TPSA) is 49.0 Å². The Balaban J connectivity index is 1.80. The predicted molar refractivity (Wildman–Crippen MR) is 89.2 cm³/mol. The highest BCUT2D eigenvalue weighted by Gasteiger charge is 2.50. The van der Waals surface area contributed by atoms with Crippen LogP contribution in [0.15, 0.2) is 29.1 Å². The lowest BCUT2D eigenvalue weighted by atomic mass is 9.65. The lowest BCUT2D eigenvalue weighted by Gasteiger charge is -2.39. The standard InChI is InChI=1S/C18H23N3O/c1-17(2)8-12-9-18(3,10-17)11-21(12)15-16(22)20-14-7-5-4-6-13(14)19-15/h4-7,12H,8-11H2,1-3H3,(H,20,22)/t12-,18+/m1/s1. The Labute approximate surface area is 130 Å². The van der Waals surface area contributed by atoms with Gasteiger partial charge in [0, 0.05) is 12.6 Å². The van der Waals surface area contributed by atoms with Crippen LogP contribution in [0.2, 0.25) is 0 Å². The minimum Gasteiger partial charge on any atom is -0.348 e. The average Bonchev–Trinajstić information content (AvgIpc) is 2.67. The molecule has 1 N–H and O–H groups in total. The Bertz CT molecular complexity index is 794. The number of hydrogen-bond acceptors (Lipinski definition) is 3. The van der Waals surface area contributed by atoms with E-state index in [0.717, 1.165) is 24.0 Å². The molecule has 22 heavy (non-hydrogen) atoms. The summed E-state index contributed by atoms with van der Waals surface area (Å²) in [6.45, 7) is 7.99. The smallest absolute Gasteiger partial charge is 0.291 e. The molecule has 1 saturated heterocycles. The van der Waals surface area contributed by atoms with Crippen molar-refractivity contribution in [2.24, 2.45) is 10.8 Å². The molecule has 1 saturated carbocycles. The summed E-state index contributed by atoms with van der Waals surface area (Å²) in [6.07, 6.45) is 3.53. The zero-order valence-electron chi connectivity index (χ0n) is 13.5. The number of rotatable bonds is 1. The number of hydrogen-bond donors (Lipinski definition) is 1. The number of fused-ring (bicyclic) bond motifs is 3. The number of para-hydroxylation sites is 2. The van der Waals surface area contributed by atoms with Crippen molar-refractivity contribution in [3.63, 3.8) is 0 Å². The highest BCUT2D eigenvalue weighted by atomic mass is 16.1. The highest BCUT2D eigenvalue weighted by molar-refractivity contribution is 5.75. The van der Waals surface area contributed by atoms with Crippen LogP contribution in [0, 0.1) is 10.8 Å². The first-order chi connectivity index (χ1) is 10.4. The van der Waals surface area contributed by atoms with Crippen molar-refractivity contribution in [1.29, 1.82) is 0 Å². The SMILES string of the molecule is CC1(C)C[C@@H]2C[C@](C)(CN2c2nc3ccccc3[nH]c2=O)C1. The molecule has 0 amide bonds. The summed E-state index contributed by atoms with van der Waals surface area (Å²) in [6, 6.07) is 8.18. The maximum Gasteiger partial charge on any atom is 0.291 e. The molecule has 2 aromatic rings. The van der Waals surface area contributed by atoms with Crippen molar-refractivity contribution in [3.05, 3.63) is 34.6 Å². The van der Waals surface area contributed by atoms with Crippen LogP contribution in [0.4, 0.5) is 5.82 Å². The van der Waals surface area contributed by atoms with E-state index in [4.69, 9.17) is 0 Å². The molecule has 4 nitrogen and oxygen atoms in total. The van der Waals surface area contributed by atoms with Gasteiger partial charge in [-0.15, -0.1) is 0 Å². The van der Waals surface area contributed by atoms with Crippen LogP contribution in [-0.2, 0) is 0 Å². The number of nitrogens with one attached hydrogen (secondary N) is 1. The van der Waals surface area contributed by atoms with Gasteiger partial charge in [0.2, 0.25) is 0 Å². The molecule has 1 aromatic carbocycles. The van der Waals surface area contributed by atoms with Crippen LogP contribution in [0.5, 0.6) is 0 Å². The highest BCUT2D eigenvalue weighted by Crippen LogP contribution is 2.52. The lowest BCUT2D eigenvalue weighted by molar-refractivity contribution is 0.136. The molecular weight excluding hydrogens is 274 g/mol. The molecule has 4 rings (SSSR count). The molecule has 2 atom stereocenters. The zero-order chi connectivity index (χ0) is 15.5. The minimum atomic E-state index is -0.0624. The Kier molecular flexibility index (Phi) is 2.72. The van der Waals surface area contributed by atoms with Crippen molar-refractivity contribution < 1.29 is 0 Å². The third-order valence-electron chi connectivity index (χ3n) is 5.27. The normalized spacial score (nSPS) is 30.0. The Morgan fingerprint density at radius 2 is 2.00 bits per heavy atom. The fourth-order valence-corrected chi connectivity index (χ4v) is 4.92. The largest absolute Gasteiger partial charge is 0.348 e. The number of anilines is 1. The van der Waals surface area contributed by atoms with Gasteiger partial charge in [-0.05, 0) is 42.2 Å². The Morgan fingerprint density at radius 1 is 1.23 bits per heavy atom. The molecular formula is C18H23N3O. The van der Waals surface area contributed by atoms with Crippen molar-refractivity contribution in [2.75, 3.05) is 11.4 Å². The molecule has 2 bridgehead atoms. The van der Waals surface area contributed by atoms with Crippen LogP contribution in [0.1, 0.15) is 40.0 Å². The molecule has 1 aliphatic carbocycles. The molecule has 0 radical (unpaired) electrons. The minimum absolute atomic E-state index is 0.0624. The number of benzene rings is 1. The first-order valence-corrected chi connectivity index (χ1v) is 8.11. The van der Waals surface area contributed by atoms with Crippen molar-refractivity contribution in [3.8, 4) is 0 Å². The number of aromatic nitrogens is 2. The summed E-state index contributed by atoms with van der Waals surface area (Å²) >= 11 is 0. The fourth-order valence-electron chi connectivity index (χ4n) is 4.92. The van der Waals surface area contributed by atoms with Gasteiger partial charge in [0.15, 0.2) is 5.82 Å². The van der Waals surface area contributed by atoms with Gasteiger partial charge in [-0.25, -0.2) is 4.98 Å². The summed E-state index contributed by atoms with van der Waals surface area (Å²) in [7, 11) is 0. The van der Waals surface area contributed by atoms with E-state index in [1.165, 1.54) is 12.8 Å². The van der Waals surface area contributed by atoms with Gasteiger partial charge in [-0.3, -0.25) is 4.79 Å². The van der Waals surface area contributed by atoms with E-state index in [1.54, 1.807) is 0 Å². The van der Waals surface area contributed by atoms with Gasteiger partial charge in [-0.2, -0.15) is 0 Å². The van der Waals surface area contributed by atoms with E-state index < -0.39 is 0 Å². The number of aromatic amines is 1. The van der Waals surface area contributed by atoms with Gasteiger partial charge in [0.25, 0.3) is 5.56 Å². The molecule has 4 heteroatoms. The van der Waals surface area contributed by atoms with Crippen LogP contribution in [-0.4, -0.2) is 22.6 Å². The van der Waals surface area contributed by atoms with E-state index in [2.05, 4.69) is 35.6 Å². The summed E-state index contributed by atoms with van der Waals surface area (Å²) in [5.74, 6) is 0.602. The van der Waals surface area contributed by atoms with E-state index in [9.17, 15) is 4.79 Å². The summed E-state index contributed by atoms with van der Waals surface area (Å²) in [5, 5.41) is 0. The molecule has 1 aliphatic heterocycles. The van der Waals surface area contributed by atoms with Crippen molar-refractivity contribution in [1.82, 2.24) is 9.97 Å². The predicted octanol–water partition coefficient (Wildman–Crippen LogP) is 3.33. The third-order valence-corrected chi connectivity index (χ3v) is 5.27. The second-order valence-electron chi connectivity index (χ2n) is 8.25. The van der Waals surface area contributed by atoms with Gasteiger partial charge < -0.3 is 9.88 Å². The van der Waals surface area contributed by atoms with Crippen LogP contribution >= 0.6 is 0 Å².